The van der Waals surface area contributed by atoms with E-state index in [1.54, 1.807) is 19.2 Å². The molecule has 0 amide bonds. The highest BCUT2D eigenvalue weighted by Gasteiger charge is 2.05. The van der Waals surface area contributed by atoms with Gasteiger partial charge in [0.1, 0.15) is 0 Å². The Morgan fingerprint density at radius 1 is 1.57 bits per heavy atom. The Morgan fingerprint density at radius 2 is 2.36 bits per heavy atom. The molecule has 0 unspecified atom stereocenters. The summed E-state index contributed by atoms with van der Waals surface area (Å²) in [7, 11) is 1.65. The first-order valence-electron chi connectivity index (χ1n) is 4.18. The smallest absolute Gasteiger partial charge is 0.408 e. The molecule has 0 aliphatic heterocycles. The maximum atomic E-state index is 11.1. The molecule has 0 aliphatic rings. The second-order valence-corrected chi connectivity index (χ2v) is 3.06. The van der Waals surface area contributed by atoms with Gasteiger partial charge in [-0.1, -0.05) is 6.07 Å². The molecule has 0 bridgehead atoms. The van der Waals surface area contributed by atoms with Crippen molar-refractivity contribution in [2.24, 2.45) is 7.05 Å². The van der Waals surface area contributed by atoms with E-state index < -0.39 is 0 Å². The molecule has 0 N–H and O–H groups in total. The van der Waals surface area contributed by atoms with E-state index in [4.69, 9.17) is 9.68 Å². The van der Waals surface area contributed by atoms with Crippen LogP contribution in [0, 0.1) is 11.3 Å². The number of benzene rings is 1. The number of rotatable bonds is 1. The normalized spacial score (nSPS) is 10.3. The predicted molar refractivity (Wildman–Crippen MR) is 50.8 cm³/mol. The van der Waals surface area contributed by atoms with Gasteiger partial charge in [-0.2, -0.15) is 5.26 Å². The average molecular weight is 188 g/mol. The van der Waals surface area contributed by atoms with Gasteiger partial charge in [-0.3, -0.25) is 4.57 Å². The minimum atomic E-state index is -0.380. The van der Waals surface area contributed by atoms with Crippen LogP contribution >= 0.6 is 0 Å². The quantitative estimate of drug-likeness (QED) is 0.675. The first-order chi connectivity index (χ1) is 6.72. The number of hydrogen-bond acceptors (Lipinski definition) is 3. The van der Waals surface area contributed by atoms with E-state index in [2.05, 4.69) is 0 Å². The number of nitrogens with zero attached hydrogens (tertiary/aromatic N) is 2. The molecule has 2 aromatic rings. The molecule has 1 heterocycles. The molecule has 0 saturated carbocycles. The summed E-state index contributed by atoms with van der Waals surface area (Å²) in [5.74, 6) is -0.380. The molecule has 0 radical (unpaired) electrons. The van der Waals surface area contributed by atoms with E-state index in [9.17, 15) is 4.79 Å². The molecule has 0 aliphatic carbocycles. The fraction of sp³-hybridized carbons (Fsp3) is 0.200. The lowest BCUT2D eigenvalue weighted by Gasteiger charge is -1.94. The molecule has 70 valence electrons. The third-order valence-corrected chi connectivity index (χ3v) is 2.14. The zero-order chi connectivity index (χ0) is 10.1. The maximum Gasteiger partial charge on any atom is 0.419 e. The first kappa shape index (κ1) is 8.57. The Bertz CT molecular complexity index is 572. The van der Waals surface area contributed by atoms with E-state index in [-0.39, 0.29) is 5.76 Å². The lowest BCUT2D eigenvalue weighted by Crippen LogP contribution is -2.08. The van der Waals surface area contributed by atoms with Crippen LogP contribution in [0.25, 0.3) is 11.1 Å². The molecule has 4 nitrogen and oxygen atoms in total. The van der Waals surface area contributed by atoms with Crippen LogP contribution in [-0.4, -0.2) is 4.57 Å². The fourth-order valence-electron chi connectivity index (χ4n) is 1.38. The summed E-state index contributed by atoms with van der Waals surface area (Å²) in [6.07, 6.45) is 0.328. The van der Waals surface area contributed by atoms with Gasteiger partial charge in [0.2, 0.25) is 0 Å². The zero-order valence-electron chi connectivity index (χ0n) is 7.65. The minimum absolute atomic E-state index is 0.328. The molecule has 1 aromatic carbocycles. The molecule has 0 fully saturated rings. The van der Waals surface area contributed by atoms with Gasteiger partial charge in [-0.25, -0.2) is 4.79 Å². The predicted octanol–water partition coefficient (Wildman–Crippen LogP) is 1.20. The van der Waals surface area contributed by atoms with Crippen LogP contribution in [0.5, 0.6) is 0 Å². The summed E-state index contributed by atoms with van der Waals surface area (Å²) >= 11 is 0. The third kappa shape index (κ3) is 1.19. The van der Waals surface area contributed by atoms with Crippen LogP contribution in [-0.2, 0) is 13.5 Å². The van der Waals surface area contributed by atoms with Crippen molar-refractivity contribution >= 4 is 11.1 Å². The second-order valence-electron chi connectivity index (χ2n) is 3.06. The number of oxazole rings is 1. The molecule has 2 rings (SSSR count). The first-order valence-corrected chi connectivity index (χ1v) is 4.18. The topological polar surface area (TPSA) is 58.9 Å². The molecule has 1 aromatic heterocycles. The van der Waals surface area contributed by atoms with E-state index >= 15 is 0 Å². The number of aryl methyl sites for hydroxylation is 1. The highest BCUT2D eigenvalue weighted by molar-refractivity contribution is 5.73. The van der Waals surface area contributed by atoms with Gasteiger partial charge in [-0.05, 0) is 17.7 Å². The Labute approximate surface area is 80.0 Å². The van der Waals surface area contributed by atoms with Gasteiger partial charge in [-0.15, -0.1) is 0 Å². The SMILES string of the molecule is Cn1c(=O)oc2cc(CC#N)ccc21. The summed E-state index contributed by atoms with van der Waals surface area (Å²) < 4.78 is 6.42. The van der Waals surface area contributed by atoms with Gasteiger partial charge >= 0.3 is 5.76 Å². The van der Waals surface area contributed by atoms with Crippen LogP contribution in [0.2, 0.25) is 0 Å². The standard InChI is InChI=1S/C10H8N2O2/c1-12-8-3-2-7(4-5-11)6-9(8)14-10(12)13/h2-3,6H,4H2,1H3. The molecule has 14 heavy (non-hydrogen) atoms. The summed E-state index contributed by atoms with van der Waals surface area (Å²) in [5, 5.41) is 8.50. The largest absolute Gasteiger partial charge is 0.419 e. The van der Waals surface area contributed by atoms with Crippen molar-refractivity contribution in [1.82, 2.24) is 4.57 Å². The van der Waals surface area contributed by atoms with Crippen LogP contribution in [0.4, 0.5) is 0 Å². The third-order valence-electron chi connectivity index (χ3n) is 2.14. The molecular formula is C10H8N2O2. The zero-order valence-corrected chi connectivity index (χ0v) is 7.65. The average Bonchev–Trinajstić information content (AvgIpc) is 2.43. The van der Waals surface area contributed by atoms with Crippen molar-refractivity contribution < 1.29 is 4.42 Å². The van der Waals surface area contributed by atoms with E-state index in [0.717, 1.165) is 11.1 Å². The Kier molecular flexibility index (Phi) is 1.86. The van der Waals surface area contributed by atoms with Crippen molar-refractivity contribution in [3.05, 3.63) is 34.3 Å². The van der Waals surface area contributed by atoms with E-state index in [1.807, 2.05) is 12.1 Å². The number of fused-ring (bicyclic) bond motifs is 1. The molecule has 0 saturated heterocycles. The van der Waals surface area contributed by atoms with E-state index in [1.165, 1.54) is 4.57 Å². The van der Waals surface area contributed by atoms with Crippen molar-refractivity contribution in [2.75, 3.05) is 0 Å². The molecule has 4 heteroatoms. The Balaban J connectivity index is 2.69. The fourth-order valence-corrected chi connectivity index (χ4v) is 1.38. The van der Waals surface area contributed by atoms with Crippen LogP contribution < -0.4 is 5.76 Å². The molecular weight excluding hydrogens is 180 g/mol. The molecule has 0 spiro atoms. The number of hydrogen-bond donors (Lipinski definition) is 0. The van der Waals surface area contributed by atoms with Gasteiger partial charge in [0.05, 0.1) is 18.0 Å². The van der Waals surface area contributed by atoms with Crippen molar-refractivity contribution in [2.45, 2.75) is 6.42 Å². The number of nitriles is 1. The number of aromatic nitrogens is 1. The van der Waals surface area contributed by atoms with Crippen LogP contribution in [0.1, 0.15) is 5.56 Å². The van der Waals surface area contributed by atoms with Crippen LogP contribution in [0.3, 0.4) is 0 Å². The van der Waals surface area contributed by atoms with Crippen molar-refractivity contribution in [3.63, 3.8) is 0 Å². The lowest BCUT2D eigenvalue weighted by molar-refractivity contribution is 0.528. The monoisotopic (exact) mass is 188 g/mol. The van der Waals surface area contributed by atoms with Crippen molar-refractivity contribution in [1.29, 1.82) is 5.26 Å². The highest BCUT2D eigenvalue weighted by atomic mass is 16.4. The summed E-state index contributed by atoms with van der Waals surface area (Å²) in [6.45, 7) is 0. The Morgan fingerprint density at radius 3 is 3.07 bits per heavy atom. The van der Waals surface area contributed by atoms with Crippen LogP contribution in [0.15, 0.2) is 27.4 Å². The van der Waals surface area contributed by atoms with Gasteiger partial charge in [0, 0.05) is 7.05 Å². The summed E-state index contributed by atoms with van der Waals surface area (Å²) in [6, 6.07) is 7.37. The highest BCUT2D eigenvalue weighted by Crippen LogP contribution is 2.14. The van der Waals surface area contributed by atoms with Gasteiger partial charge < -0.3 is 4.42 Å². The Hall–Kier alpha value is -2.02. The van der Waals surface area contributed by atoms with Crippen molar-refractivity contribution in [3.8, 4) is 6.07 Å². The van der Waals surface area contributed by atoms with Gasteiger partial charge in [0.15, 0.2) is 5.58 Å². The van der Waals surface area contributed by atoms with E-state index in [0.29, 0.717) is 12.0 Å². The van der Waals surface area contributed by atoms with Gasteiger partial charge in [0.25, 0.3) is 0 Å². The molecule has 0 atom stereocenters. The second kappa shape index (κ2) is 3.04. The lowest BCUT2D eigenvalue weighted by atomic mass is 10.1. The maximum absolute atomic E-state index is 11.1. The summed E-state index contributed by atoms with van der Waals surface area (Å²) in [4.78, 5) is 11.1. The minimum Gasteiger partial charge on any atom is -0.408 e. The summed E-state index contributed by atoms with van der Waals surface area (Å²) in [5.41, 5.74) is 2.14.